The molecule has 5 heteroatoms. The lowest BCUT2D eigenvalue weighted by Crippen LogP contribution is -1.93. The summed E-state index contributed by atoms with van der Waals surface area (Å²) < 4.78 is 5.12. The maximum atomic E-state index is 11.1. The van der Waals surface area contributed by atoms with Gasteiger partial charge in [0.15, 0.2) is 6.29 Å². The largest absolute Gasteiger partial charge is 0.497 e. The van der Waals surface area contributed by atoms with Gasteiger partial charge < -0.3 is 4.74 Å². The molecular weight excluding hydrogens is 246 g/mol. The van der Waals surface area contributed by atoms with E-state index in [4.69, 9.17) is 4.74 Å². The van der Waals surface area contributed by atoms with E-state index < -0.39 is 4.92 Å². The first-order valence-corrected chi connectivity index (χ1v) is 5.53. The van der Waals surface area contributed by atoms with Crippen molar-refractivity contribution in [2.45, 2.75) is 0 Å². The molecule has 2 rings (SSSR count). The Morgan fingerprint density at radius 3 is 2.63 bits per heavy atom. The van der Waals surface area contributed by atoms with Crippen molar-refractivity contribution in [2.24, 2.45) is 0 Å². The van der Waals surface area contributed by atoms with E-state index in [0.29, 0.717) is 17.6 Å². The van der Waals surface area contributed by atoms with Gasteiger partial charge in [-0.3, -0.25) is 14.9 Å². The van der Waals surface area contributed by atoms with Crippen LogP contribution in [0.15, 0.2) is 42.5 Å². The van der Waals surface area contributed by atoms with Crippen molar-refractivity contribution in [3.8, 4) is 16.9 Å². The maximum Gasteiger partial charge on any atom is 0.270 e. The Morgan fingerprint density at radius 2 is 2.00 bits per heavy atom. The van der Waals surface area contributed by atoms with Crippen molar-refractivity contribution >= 4 is 12.0 Å². The van der Waals surface area contributed by atoms with Crippen molar-refractivity contribution in [2.75, 3.05) is 7.11 Å². The van der Waals surface area contributed by atoms with Crippen LogP contribution < -0.4 is 4.74 Å². The summed E-state index contributed by atoms with van der Waals surface area (Å²) in [4.78, 5) is 21.2. The first-order valence-electron chi connectivity index (χ1n) is 5.53. The predicted octanol–water partition coefficient (Wildman–Crippen LogP) is 3.08. The van der Waals surface area contributed by atoms with Crippen LogP contribution in [0.4, 0.5) is 5.69 Å². The number of carbonyl (C=O) groups is 1. The third kappa shape index (κ3) is 2.60. The van der Waals surface area contributed by atoms with Gasteiger partial charge in [0, 0.05) is 17.7 Å². The van der Waals surface area contributed by atoms with Gasteiger partial charge in [0.25, 0.3) is 5.69 Å². The fourth-order valence-electron chi connectivity index (χ4n) is 1.81. The highest BCUT2D eigenvalue weighted by molar-refractivity contribution is 5.88. The van der Waals surface area contributed by atoms with Gasteiger partial charge in [0.05, 0.1) is 12.0 Å². The summed E-state index contributed by atoms with van der Waals surface area (Å²) >= 11 is 0. The number of nitrogens with zero attached hydrogens (tertiary/aromatic N) is 1. The number of hydrogen-bond donors (Lipinski definition) is 0. The Morgan fingerprint density at radius 1 is 1.21 bits per heavy atom. The predicted molar refractivity (Wildman–Crippen MR) is 70.5 cm³/mol. The minimum Gasteiger partial charge on any atom is -0.497 e. The molecule has 0 aliphatic heterocycles. The molecule has 0 aromatic heterocycles. The zero-order valence-electron chi connectivity index (χ0n) is 10.2. The summed E-state index contributed by atoms with van der Waals surface area (Å²) in [6.45, 7) is 0. The summed E-state index contributed by atoms with van der Waals surface area (Å²) in [6.07, 6.45) is 0.613. The van der Waals surface area contributed by atoms with Crippen LogP contribution in [-0.2, 0) is 0 Å². The van der Waals surface area contributed by atoms with Crippen molar-refractivity contribution in [1.29, 1.82) is 0 Å². The van der Waals surface area contributed by atoms with Crippen LogP contribution in [0, 0.1) is 10.1 Å². The quantitative estimate of drug-likeness (QED) is 0.479. The highest BCUT2D eigenvalue weighted by atomic mass is 16.6. The number of nitro groups is 1. The number of methoxy groups -OCH3 is 1. The van der Waals surface area contributed by atoms with E-state index in [2.05, 4.69) is 0 Å². The minimum absolute atomic E-state index is 0.103. The molecule has 0 aliphatic carbocycles. The summed E-state index contributed by atoms with van der Waals surface area (Å²) in [6, 6.07) is 11.4. The van der Waals surface area contributed by atoms with Gasteiger partial charge in [-0.2, -0.15) is 0 Å². The van der Waals surface area contributed by atoms with Gasteiger partial charge in [0.2, 0.25) is 0 Å². The molecule has 0 radical (unpaired) electrons. The second-order valence-corrected chi connectivity index (χ2v) is 3.88. The first-order chi connectivity index (χ1) is 9.15. The van der Waals surface area contributed by atoms with E-state index in [-0.39, 0.29) is 11.3 Å². The zero-order chi connectivity index (χ0) is 13.8. The maximum absolute atomic E-state index is 11.1. The molecule has 0 amide bonds. The summed E-state index contributed by atoms with van der Waals surface area (Å²) in [5.41, 5.74) is 1.59. The second kappa shape index (κ2) is 5.30. The standard InChI is InChI=1S/C14H11NO4/c1-19-13-4-2-3-10(8-13)14-6-5-12(15(17)18)7-11(14)9-16/h2-9H,1H3. The third-order valence-electron chi connectivity index (χ3n) is 2.75. The molecule has 96 valence electrons. The molecule has 0 heterocycles. The van der Waals surface area contributed by atoms with Gasteiger partial charge >= 0.3 is 0 Å². The Kier molecular flexibility index (Phi) is 3.56. The topological polar surface area (TPSA) is 69.4 Å². The van der Waals surface area contributed by atoms with Crippen LogP contribution in [0.2, 0.25) is 0 Å². The number of rotatable bonds is 4. The molecule has 0 unspecified atom stereocenters. The lowest BCUT2D eigenvalue weighted by molar-refractivity contribution is -0.384. The van der Waals surface area contributed by atoms with E-state index in [9.17, 15) is 14.9 Å². The van der Waals surface area contributed by atoms with Crippen LogP contribution in [-0.4, -0.2) is 18.3 Å². The Bertz CT molecular complexity index is 637. The molecule has 0 spiro atoms. The van der Waals surface area contributed by atoms with Gasteiger partial charge in [0.1, 0.15) is 5.75 Å². The molecular formula is C14H11NO4. The molecule has 19 heavy (non-hydrogen) atoms. The van der Waals surface area contributed by atoms with Gasteiger partial charge in [-0.15, -0.1) is 0 Å². The van der Waals surface area contributed by atoms with E-state index in [1.54, 1.807) is 31.4 Å². The first kappa shape index (κ1) is 12.8. The molecule has 0 fully saturated rings. The minimum atomic E-state index is -0.525. The molecule has 0 saturated carbocycles. The van der Waals surface area contributed by atoms with Crippen LogP contribution in [0.5, 0.6) is 5.75 Å². The second-order valence-electron chi connectivity index (χ2n) is 3.88. The number of nitro benzene ring substituents is 1. The molecule has 0 saturated heterocycles. The van der Waals surface area contributed by atoms with Crippen molar-refractivity contribution < 1.29 is 14.5 Å². The zero-order valence-corrected chi connectivity index (χ0v) is 10.2. The highest BCUT2D eigenvalue weighted by Crippen LogP contribution is 2.28. The third-order valence-corrected chi connectivity index (χ3v) is 2.75. The van der Waals surface area contributed by atoms with Crippen LogP contribution >= 0.6 is 0 Å². The normalized spacial score (nSPS) is 9.95. The van der Waals surface area contributed by atoms with Crippen LogP contribution in [0.1, 0.15) is 10.4 Å². The van der Waals surface area contributed by atoms with Crippen LogP contribution in [0.25, 0.3) is 11.1 Å². The van der Waals surface area contributed by atoms with Gasteiger partial charge in [-0.05, 0) is 29.3 Å². The lowest BCUT2D eigenvalue weighted by Gasteiger charge is -2.07. The fourth-order valence-corrected chi connectivity index (χ4v) is 1.81. The van der Waals surface area contributed by atoms with E-state index >= 15 is 0 Å². The number of hydrogen-bond acceptors (Lipinski definition) is 4. The lowest BCUT2D eigenvalue weighted by atomic mass is 9.99. The summed E-state index contributed by atoms with van der Waals surface area (Å²) in [5, 5.41) is 10.7. The molecule has 2 aromatic rings. The number of non-ortho nitro benzene ring substituents is 1. The Balaban J connectivity index is 2.55. The molecule has 0 N–H and O–H groups in total. The Hall–Kier alpha value is -2.69. The molecule has 2 aromatic carbocycles. The average molecular weight is 257 g/mol. The van der Waals surface area contributed by atoms with Gasteiger partial charge in [-0.25, -0.2) is 0 Å². The SMILES string of the molecule is COc1cccc(-c2ccc([N+](=O)[O-])cc2C=O)c1. The van der Waals surface area contributed by atoms with Crippen molar-refractivity contribution in [3.05, 3.63) is 58.1 Å². The summed E-state index contributed by atoms with van der Waals surface area (Å²) in [7, 11) is 1.55. The fraction of sp³-hybridized carbons (Fsp3) is 0.0714. The van der Waals surface area contributed by atoms with E-state index in [1.807, 2.05) is 6.07 Å². The van der Waals surface area contributed by atoms with Gasteiger partial charge in [-0.1, -0.05) is 12.1 Å². The molecule has 0 atom stereocenters. The highest BCUT2D eigenvalue weighted by Gasteiger charge is 2.12. The van der Waals surface area contributed by atoms with Crippen molar-refractivity contribution in [3.63, 3.8) is 0 Å². The average Bonchev–Trinajstić information content (AvgIpc) is 2.46. The Labute approximate surface area is 109 Å². The summed E-state index contributed by atoms with van der Waals surface area (Å²) in [5.74, 6) is 0.660. The monoisotopic (exact) mass is 257 g/mol. The van der Waals surface area contributed by atoms with Crippen molar-refractivity contribution in [1.82, 2.24) is 0 Å². The molecule has 0 bridgehead atoms. The number of benzene rings is 2. The molecule has 0 aliphatic rings. The van der Waals surface area contributed by atoms with Crippen LogP contribution in [0.3, 0.4) is 0 Å². The number of aldehydes is 1. The number of carbonyl (C=O) groups excluding carboxylic acids is 1. The molecule has 5 nitrogen and oxygen atoms in total. The smallest absolute Gasteiger partial charge is 0.270 e. The van der Waals surface area contributed by atoms with E-state index in [0.717, 1.165) is 5.56 Å². The number of ether oxygens (including phenoxy) is 1. The van der Waals surface area contributed by atoms with E-state index in [1.165, 1.54) is 12.1 Å².